The fourth-order valence-corrected chi connectivity index (χ4v) is 4.93. The molecule has 0 atom stereocenters. The molecule has 0 saturated carbocycles. The van der Waals surface area contributed by atoms with Crippen molar-refractivity contribution in [3.63, 3.8) is 0 Å². The van der Waals surface area contributed by atoms with Gasteiger partial charge in [0, 0.05) is 6.54 Å². The summed E-state index contributed by atoms with van der Waals surface area (Å²) in [6.45, 7) is 15.5. The highest BCUT2D eigenvalue weighted by Crippen LogP contribution is 2.14. The van der Waals surface area contributed by atoms with Crippen molar-refractivity contribution in [2.75, 3.05) is 91.7 Å². The number of nitrogens with two attached hydrogens (primary N) is 4. The van der Waals surface area contributed by atoms with E-state index < -0.39 is 0 Å². The summed E-state index contributed by atoms with van der Waals surface area (Å²) in [6, 6.07) is 8.70. The summed E-state index contributed by atoms with van der Waals surface area (Å²) in [7, 11) is 0. The smallest absolute Gasteiger partial charge is 0.119 e. The molecule has 0 aliphatic carbocycles. The molecule has 228 valence electrons. The maximum Gasteiger partial charge on any atom is 0.119 e. The van der Waals surface area contributed by atoms with Crippen LogP contribution in [0.15, 0.2) is 24.3 Å². The van der Waals surface area contributed by atoms with Gasteiger partial charge in [-0.1, -0.05) is 31.9 Å². The zero-order chi connectivity index (χ0) is 28.4. The first-order valence-corrected chi connectivity index (χ1v) is 15.9. The Hall–Kier alpha value is -1.26. The number of hydrogen-bond donors (Lipinski definition) is 4. The van der Waals surface area contributed by atoms with Gasteiger partial charge in [-0.05, 0) is 148 Å². The number of aryl methyl sites for hydroxylation is 1. The van der Waals surface area contributed by atoms with E-state index in [0.29, 0.717) is 6.61 Å². The predicted octanol–water partition coefficient (Wildman–Crippen LogP) is 2.88. The average molecular weight is 550 g/mol. The molecule has 0 fully saturated rings. The molecule has 0 unspecified atom stereocenters. The van der Waals surface area contributed by atoms with Crippen LogP contribution in [0.5, 0.6) is 5.75 Å². The summed E-state index contributed by atoms with van der Waals surface area (Å²) in [5.74, 6) is 0.971. The van der Waals surface area contributed by atoms with Gasteiger partial charge in [-0.3, -0.25) is 4.90 Å². The van der Waals surface area contributed by atoms with Crippen molar-refractivity contribution in [3.8, 4) is 5.75 Å². The maximum atomic E-state index is 6.17. The van der Waals surface area contributed by atoms with Crippen LogP contribution in [-0.4, -0.2) is 106 Å². The molecule has 0 bridgehead atoms. The third kappa shape index (κ3) is 19.5. The molecule has 0 aromatic heterocycles. The normalized spacial score (nSPS) is 11.8. The van der Waals surface area contributed by atoms with Crippen LogP contribution in [0.2, 0.25) is 0 Å². The lowest BCUT2D eigenvalue weighted by atomic mass is 10.1. The van der Waals surface area contributed by atoms with E-state index in [-0.39, 0.29) is 0 Å². The first-order valence-electron chi connectivity index (χ1n) is 15.9. The first kappa shape index (κ1) is 35.8. The van der Waals surface area contributed by atoms with Crippen molar-refractivity contribution in [2.45, 2.75) is 71.1 Å². The van der Waals surface area contributed by atoms with Gasteiger partial charge in [0.05, 0.1) is 0 Å². The Morgan fingerprint density at radius 2 is 0.923 bits per heavy atom. The molecule has 1 aromatic rings. The fourth-order valence-electron chi connectivity index (χ4n) is 4.93. The monoisotopic (exact) mass is 550 g/mol. The number of ether oxygens (including phenoxy) is 1. The molecule has 1 rings (SSSR count). The Kier molecular flexibility index (Phi) is 23.6. The molecule has 8 N–H and O–H groups in total. The zero-order valence-corrected chi connectivity index (χ0v) is 25.3. The van der Waals surface area contributed by atoms with Crippen LogP contribution >= 0.6 is 0 Å². The van der Waals surface area contributed by atoms with Gasteiger partial charge in [0.25, 0.3) is 0 Å². The summed E-state index contributed by atoms with van der Waals surface area (Å²) in [4.78, 5) is 7.63. The van der Waals surface area contributed by atoms with E-state index in [0.717, 1.165) is 136 Å². The van der Waals surface area contributed by atoms with Gasteiger partial charge in [0.2, 0.25) is 0 Å². The van der Waals surface area contributed by atoms with E-state index in [1.165, 1.54) is 24.8 Å². The molecule has 0 aliphatic heterocycles. The molecule has 0 saturated heterocycles. The molecule has 0 aliphatic rings. The Labute approximate surface area is 240 Å². The standard InChI is InChI=1S/C31H63N7O/c1-2-3-4-11-30-12-14-31(15-13-30)39-29-28-38(26-9-24-36(20-5-16-32)21-6-17-33)27-10-25-37(22-7-18-34)23-8-19-35/h12-15H,2-11,16-29,32-35H2,1H3. The molecule has 39 heavy (non-hydrogen) atoms. The third-order valence-electron chi connectivity index (χ3n) is 7.28. The Bertz CT molecular complexity index is 604. The molecular weight excluding hydrogens is 486 g/mol. The van der Waals surface area contributed by atoms with Crippen molar-refractivity contribution < 1.29 is 4.74 Å². The Balaban J connectivity index is 2.59. The van der Waals surface area contributed by atoms with Gasteiger partial charge in [0.15, 0.2) is 0 Å². The Morgan fingerprint density at radius 1 is 0.513 bits per heavy atom. The number of rotatable bonds is 28. The van der Waals surface area contributed by atoms with Crippen LogP contribution in [0.4, 0.5) is 0 Å². The molecule has 0 amide bonds. The second-order valence-corrected chi connectivity index (χ2v) is 10.8. The van der Waals surface area contributed by atoms with Crippen LogP contribution < -0.4 is 27.7 Å². The SMILES string of the molecule is CCCCCc1ccc(OCCN(CCCN(CCCN)CCCN)CCCN(CCCN)CCCN)cc1. The quantitative estimate of drug-likeness (QED) is 0.118. The maximum absolute atomic E-state index is 6.17. The minimum absolute atomic E-state index is 0.712. The van der Waals surface area contributed by atoms with E-state index in [1.54, 1.807) is 0 Å². The highest BCUT2D eigenvalue weighted by molar-refractivity contribution is 5.27. The van der Waals surface area contributed by atoms with Crippen molar-refractivity contribution in [2.24, 2.45) is 22.9 Å². The molecule has 0 heterocycles. The number of benzene rings is 1. The summed E-state index contributed by atoms with van der Waals surface area (Å²) in [5, 5.41) is 0. The number of hydrogen-bond acceptors (Lipinski definition) is 8. The topological polar surface area (TPSA) is 123 Å². The summed E-state index contributed by atoms with van der Waals surface area (Å²) in [6.07, 6.45) is 11.4. The van der Waals surface area contributed by atoms with Crippen LogP contribution in [0.25, 0.3) is 0 Å². The minimum atomic E-state index is 0.712. The van der Waals surface area contributed by atoms with Gasteiger partial charge in [-0.2, -0.15) is 0 Å². The molecule has 0 radical (unpaired) electrons. The average Bonchev–Trinajstić information content (AvgIpc) is 2.95. The molecule has 0 spiro atoms. The van der Waals surface area contributed by atoms with E-state index in [2.05, 4.69) is 45.9 Å². The Morgan fingerprint density at radius 3 is 1.33 bits per heavy atom. The van der Waals surface area contributed by atoms with E-state index in [1.807, 2.05) is 0 Å². The van der Waals surface area contributed by atoms with Gasteiger partial charge >= 0.3 is 0 Å². The first-order chi connectivity index (χ1) is 19.2. The van der Waals surface area contributed by atoms with Crippen LogP contribution in [-0.2, 0) is 6.42 Å². The van der Waals surface area contributed by atoms with Crippen LogP contribution in [0, 0.1) is 0 Å². The number of nitrogens with zero attached hydrogens (tertiary/aromatic N) is 3. The van der Waals surface area contributed by atoms with Crippen molar-refractivity contribution in [3.05, 3.63) is 29.8 Å². The lowest BCUT2D eigenvalue weighted by molar-refractivity contribution is 0.179. The van der Waals surface area contributed by atoms with Crippen LogP contribution in [0.3, 0.4) is 0 Å². The largest absolute Gasteiger partial charge is 0.492 e. The summed E-state index contributed by atoms with van der Waals surface area (Å²) >= 11 is 0. The third-order valence-corrected chi connectivity index (χ3v) is 7.28. The fraction of sp³-hybridized carbons (Fsp3) is 0.806. The highest BCUT2D eigenvalue weighted by Gasteiger charge is 2.10. The number of unbranched alkanes of at least 4 members (excludes halogenated alkanes) is 2. The highest BCUT2D eigenvalue weighted by atomic mass is 16.5. The van der Waals surface area contributed by atoms with Gasteiger partial charge in [-0.15, -0.1) is 0 Å². The van der Waals surface area contributed by atoms with E-state index in [9.17, 15) is 0 Å². The van der Waals surface area contributed by atoms with E-state index >= 15 is 0 Å². The van der Waals surface area contributed by atoms with Gasteiger partial charge < -0.3 is 37.5 Å². The predicted molar refractivity (Wildman–Crippen MR) is 168 cm³/mol. The lowest BCUT2D eigenvalue weighted by Crippen LogP contribution is -2.36. The molecule has 1 aromatic carbocycles. The summed E-state index contributed by atoms with van der Waals surface area (Å²) in [5.41, 5.74) is 24.5. The molecule has 8 nitrogen and oxygen atoms in total. The molecular formula is C31H63N7O. The van der Waals surface area contributed by atoms with Crippen molar-refractivity contribution in [1.82, 2.24) is 14.7 Å². The summed E-state index contributed by atoms with van der Waals surface area (Å²) < 4.78 is 6.17. The zero-order valence-electron chi connectivity index (χ0n) is 25.3. The second kappa shape index (κ2) is 25.7. The van der Waals surface area contributed by atoms with Gasteiger partial charge in [0.1, 0.15) is 12.4 Å². The van der Waals surface area contributed by atoms with Gasteiger partial charge in [-0.25, -0.2) is 0 Å². The lowest BCUT2D eigenvalue weighted by Gasteiger charge is -2.27. The molecule has 8 heteroatoms. The second-order valence-electron chi connectivity index (χ2n) is 10.8. The van der Waals surface area contributed by atoms with E-state index in [4.69, 9.17) is 27.7 Å². The van der Waals surface area contributed by atoms with Crippen molar-refractivity contribution in [1.29, 1.82) is 0 Å². The van der Waals surface area contributed by atoms with Crippen LogP contribution in [0.1, 0.15) is 70.3 Å². The van der Waals surface area contributed by atoms with Crippen molar-refractivity contribution >= 4 is 0 Å². The minimum Gasteiger partial charge on any atom is -0.492 e.